The summed E-state index contributed by atoms with van der Waals surface area (Å²) in [5.41, 5.74) is 0.199. The SMILES string of the molecule is C[NH+](C)CCN1C(=O)c2oc3ccc(F)cc3c(=O)c2[C@H]1c1cccs1. The average molecular weight is 373 g/mol. The third kappa shape index (κ3) is 2.64. The molecular formula is C19H18FN2O3S+. The van der Waals surface area contributed by atoms with Crippen molar-refractivity contribution in [1.29, 1.82) is 0 Å². The molecule has 3 heterocycles. The summed E-state index contributed by atoms with van der Waals surface area (Å²) < 4.78 is 19.4. The minimum atomic E-state index is -0.505. The van der Waals surface area contributed by atoms with E-state index in [1.807, 2.05) is 31.6 Å². The molecule has 1 aliphatic heterocycles. The fourth-order valence-corrected chi connectivity index (χ4v) is 4.16. The topological polar surface area (TPSA) is 55.0 Å². The summed E-state index contributed by atoms with van der Waals surface area (Å²) in [7, 11) is 4.02. The molecule has 0 bridgehead atoms. The number of likely N-dealkylation sites (N-methyl/N-ethyl adjacent to an activating group) is 1. The Morgan fingerprint density at radius 1 is 1.27 bits per heavy atom. The molecule has 5 nitrogen and oxygen atoms in total. The number of halogens is 1. The van der Waals surface area contributed by atoms with Gasteiger partial charge in [-0.15, -0.1) is 11.3 Å². The minimum absolute atomic E-state index is 0.0706. The Morgan fingerprint density at radius 3 is 2.77 bits per heavy atom. The quantitative estimate of drug-likeness (QED) is 0.757. The van der Waals surface area contributed by atoms with Crippen molar-refractivity contribution in [3.05, 3.63) is 68.0 Å². The van der Waals surface area contributed by atoms with Crippen LogP contribution in [0.2, 0.25) is 0 Å². The highest BCUT2D eigenvalue weighted by Crippen LogP contribution is 2.39. The number of hydrogen-bond donors (Lipinski definition) is 1. The number of fused-ring (bicyclic) bond motifs is 2. The first-order chi connectivity index (χ1) is 12.5. The molecule has 1 aliphatic rings. The van der Waals surface area contributed by atoms with Crippen LogP contribution in [0.1, 0.15) is 27.0 Å². The molecule has 0 saturated heterocycles. The number of thiophene rings is 1. The summed E-state index contributed by atoms with van der Waals surface area (Å²) >= 11 is 1.49. The number of hydrogen-bond acceptors (Lipinski definition) is 4. The van der Waals surface area contributed by atoms with Gasteiger partial charge in [0.1, 0.15) is 11.4 Å². The van der Waals surface area contributed by atoms with Crippen LogP contribution >= 0.6 is 11.3 Å². The zero-order valence-electron chi connectivity index (χ0n) is 14.4. The summed E-state index contributed by atoms with van der Waals surface area (Å²) in [6.45, 7) is 1.24. The minimum Gasteiger partial charge on any atom is -0.450 e. The molecule has 3 aromatic rings. The van der Waals surface area contributed by atoms with Crippen molar-refractivity contribution in [2.75, 3.05) is 27.2 Å². The van der Waals surface area contributed by atoms with Crippen LogP contribution in [-0.2, 0) is 0 Å². The number of carbonyl (C=O) groups is 1. The molecule has 7 heteroatoms. The number of benzene rings is 1. The van der Waals surface area contributed by atoms with Crippen LogP contribution in [0.5, 0.6) is 0 Å². The Morgan fingerprint density at radius 2 is 2.08 bits per heavy atom. The summed E-state index contributed by atoms with van der Waals surface area (Å²) in [5.74, 6) is -0.723. The summed E-state index contributed by atoms with van der Waals surface area (Å²) in [5, 5.41) is 2.08. The van der Waals surface area contributed by atoms with Gasteiger partial charge in [0.15, 0.2) is 5.43 Å². The van der Waals surface area contributed by atoms with Crippen LogP contribution < -0.4 is 10.3 Å². The number of rotatable bonds is 4. The van der Waals surface area contributed by atoms with Gasteiger partial charge in [-0.1, -0.05) is 6.07 Å². The van der Waals surface area contributed by atoms with Crippen molar-refractivity contribution < 1.29 is 18.5 Å². The van der Waals surface area contributed by atoms with Gasteiger partial charge in [-0.05, 0) is 29.6 Å². The molecule has 0 fully saturated rings. The summed E-state index contributed by atoms with van der Waals surface area (Å²) in [6.07, 6.45) is 0. The lowest BCUT2D eigenvalue weighted by Crippen LogP contribution is -3.06. The van der Waals surface area contributed by atoms with E-state index < -0.39 is 11.9 Å². The van der Waals surface area contributed by atoms with E-state index in [0.717, 1.165) is 11.4 Å². The van der Waals surface area contributed by atoms with Gasteiger partial charge in [-0.3, -0.25) is 9.59 Å². The van der Waals surface area contributed by atoms with E-state index >= 15 is 0 Å². The molecule has 0 radical (unpaired) electrons. The molecule has 0 unspecified atom stereocenters. The first kappa shape index (κ1) is 16.9. The highest BCUT2D eigenvalue weighted by atomic mass is 32.1. The molecule has 4 rings (SSSR count). The van der Waals surface area contributed by atoms with Gasteiger partial charge in [0.25, 0.3) is 5.91 Å². The van der Waals surface area contributed by atoms with Gasteiger partial charge in [-0.2, -0.15) is 0 Å². The molecule has 0 aliphatic carbocycles. The number of amides is 1. The normalized spacial score (nSPS) is 16.7. The van der Waals surface area contributed by atoms with Crippen LogP contribution in [-0.4, -0.2) is 38.0 Å². The zero-order chi connectivity index (χ0) is 18.4. The van der Waals surface area contributed by atoms with Crippen LogP contribution in [0, 0.1) is 5.82 Å². The monoisotopic (exact) mass is 373 g/mol. The molecule has 1 atom stereocenters. The molecule has 1 amide bonds. The predicted octanol–water partition coefficient (Wildman–Crippen LogP) is 1.68. The van der Waals surface area contributed by atoms with E-state index in [9.17, 15) is 14.0 Å². The van der Waals surface area contributed by atoms with Gasteiger partial charge in [0, 0.05) is 4.88 Å². The lowest BCUT2D eigenvalue weighted by Gasteiger charge is -2.24. The van der Waals surface area contributed by atoms with E-state index in [4.69, 9.17) is 4.42 Å². The van der Waals surface area contributed by atoms with Crippen LogP contribution in [0.4, 0.5) is 4.39 Å². The van der Waals surface area contributed by atoms with Crippen molar-refractivity contribution >= 4 is 28.2 Å². The van der Waals surface area contributed by atoms with Crippen molar-refractivity contribution in [3.8, 4) is 0 Å². The van der Waals surface area contributed by atoms with Crippen LogP contribution in [0.25, 0.3) is 11.0 Å². The van der Waals surface area contributed by atoms with Gasteiger partial charge < -0.3 is 14.2 Å². The largest absolute Gasteiger partial charge is 0.450 e. The number of nitrogens with zero attached hydrogens (tertiary/aromatic N) is 1. The number of nitrogens with one attached hydrogen (secondary N) is 1. The Kier molecular flexibility index (Phi) is 4.13. The van der Waals surface area contributed by atoms with E-state index in [1.165, 1.54) is 34.4 Å². The van der Waals surface area contributed by atoms with Crippen molar-refractivity contribution in [2.24, 2.45) is 0 Å². The van der Waals surface area contributed by atoms with Gasteiger partial charge in [0.2, 0.25) is 5.76 Å². The molecule has 1 N–H and O–H groups in total. The van der Waals surface area contributed by atoms with Crippen LogP contribution in [0.3, 0.4) is 0 Å². The number of carbonyl (C=O) groups excluding carboxylic acids is 1. The Labute approximate surface area is 153 Å². The van der Waals surface area contributed by atoms with Gasteiger partial charge in [0.05, 0.1) is 44.2 Å². The van der Waals surface area contributed by atoms with E-state index in [0.29, 0.717) is 12.1 Å². The second-order valence-electron chi connectivity index (χ2n) is 6.69. The Hall–Kier alpha value is -2.51. The van der Waals surface area contributed by atoms with Crippen LogP contribution in [0.15, 0.2) is 44.9 Å². The predicted molar refractivity (Wildman–Crippen MR) is 97.3 cm³/mol. The highest BCUT2D eigenvalue weighted by Gasteiger charge is 2.43. The van der Waals surface area contributed by atoms with E-state index in [2.05, 4.69) is 0 Å². The van der Waals surface area contributed by atoms with Crippen molar-refractivity contribution in [1.82, 2.24) is 4.90 Å². The second kappa shape index (κ2) is 6.34. The molecule has 0 spiro atoms. The fraction of sp³-hybridized carbons (Fsp3) is 0.263. The van der Waals surface area contributed by atoms with Crippen molar-refractivity contribution in [3.63, 3.8) is 0 Å². The fourth-order valence-electron chi connectivity index (χ4n) is 3.31. The van der Waals surface area contributed by atoms with Crippen molar-refractivity contribution in [2.45, 2.75) is 6.04 Å². The standard InChI is InChI=1S/C19H17FN2O3S/c1-21(2)7-8-22-16(14-4-3-9-26-14)15-17(23)12-10-11(20)5-6-13(12)25-18(15)19(22)24/h3-6,9-10,16H,7-8H2,1-2H3/p+1/t16-/m1/s1. The second-order valence-corrected chi connectivity index (χ2v) is 7.67. The van der Waals surface area contributed by atoms with Gasteiger partial charge in [-0.25, -0.2) is 4.39 Å². The Balaban J connectivity index is 1.94. The Bertz CT molecular complexity index is 1040. The summed E-state index contributed by atoms with van der Waals surface area (Å²) in [4.78, 5) is 29.9. The molecule has 0 saturated carbocycles. The zero-order valence-corrected chi connectivity index (χ0v) is 15.2. The summed E-state index contributed by atoms with van der Waals surface area (Å²) in [6, 6.07) is 7.10. The first-order valence-electron chi connectivity index (χ1n) is 8.37. The number of quaternary nitrogens is 1. The average Bonchev–Trinajstić information content (AvgIpc) is 3.21. The maximum atomic E-state index is 13.6. The van der Waals surface area contributed by atoms with E-state index in [1.54, 1.807) is 4.90 Å². The third-order valence-electron chi connectivity index (χ3n) is 4.59. The molecule has 1 aromatic carbocycles. The third-order valence-corrected chi connectivity index (χ3v) is 5.52. The molecular weight excluding hydrogens is 355 g/mol. The molecule has 2 aromatic heterocycles. The highest BCUT2D eigenvalue weighted by molar-refractivity contribution is 7.10. The molecule has 134 valence electrons. The smallest absolute Gasteiger partial charge is 0.291 e. The maximum Gasteiger partial charge on any atom is 0.291 e. The maximum absolute atomic E-state index is 13.6. The van der Waals surface area contributed by atoms with E-state index in [-0.39, 0.29) is 28.1 Å². The lowest BCUT2D eigenvalue weighted by atomic mass is 10.0. The lowest BCUT2D eigenvalue weighted by molar-refractivity contribution is -0.857. The molecule has 26 heavy (non-hydrogen) atoms. The van der Waals surface area contributed by atoms with Gasteiger partial charge >= 0.3 is 0 Å². The first-order valence-corrected chi connectivity index (χ1v) is 9.25.